The third kappa shape index (κ3) is 1.13. The standard InChI is InChI=1S/C11H17N/c1-8(2)12-6-10-5-4-9(3)11(10)7-12/h4-5,8-9H,6-7H2,1-3H3. The van der Waals surface area contributed by atoms with Gasteiger partial charge in [-0.2, -0.15) is 0 Å². The number of hydrogen-bond acceptors (Lipinski definition) is 1. The second-order valence-electron chi connectivity index (χ2n) is 4.20. The molecule has 66 valence electrons. The molecule has 0 aromatic heterocycles. The van der Waals surface area contributed by atoms with E-state index in [4.69, 9.17) is 0 Å². The Balaban J connectivity index is 2.10. The normalized spacial score (nSPS) is 29.2. The first-order valence-corrected chi connectivity index (χ1v) is 4.82. The van der Waals surface area contributed by atoms with E-state index in [9.17, 15) is 0 Å². The Morgan fingerprint density at radius 2 is 2.17 bits per heavy atom. The van der Waals surface area contributed by atoms with Gasteiger partial charge >= 0.3 is 0 Å². The molecule has 0 radical (unpaired) electrons. The van der Waals surface area contributed by atoms with Gasteiger partial charge in [-0.25, -0.2) is 0 Å². The Morgan fingerprint density at radius 1 is 1.42 bits per heavy atom. The number of allylic oxidation sites excluding steroid dienone is 1. The van der Waals surface area contributed by atoms with Crippen LogP contribution >= 0.6 is 0 Å². The zero-order valence-electron chi connectivity index (χ0n) is 8.17. The van der Waals surface area contributed by atoms with Gasteiger partial charge in [-0.3, -0.25) is 4.90 Å². The zero-order valence-corrected chi connectivity index (χ0v) is 8.17. The molecule has 0 amide bonds. The highest BCUT2D eigenvalue weighted by molar-refractivity contribution is 5.41. The summed E-state index contributed by atoms with van der Waals surface area (Å²) in [6, 6.07) is 0.691. The summed E-state index contributed by atoms with van der Waals surface area (Å²) in [5.74, 6) is 0.698. The second-order valence-corrected chi connectivity index (χ2v) is 4.20. The predicted octanol–water partition coefficient (Wildman–Crippen LogP) is 2.21. The van der Waals surface area contributed by atoms with Crippen molar-refractivity contribution in [2.75, 3.05) is 13.1 Å². The lowest BCUT2D eigenvalue weighted by Gasteiger charge is -2.21. The van der Waals surface area contributed by atoms with Crippen molar-refractivity contribution in [2.45, 2.75) is 26.8 Å². The lowest BCUT2D eigenvalue weighted by molar-refractivity contribution is 0.278. The highest BCUT2D eigenvalue weighted by atomic mass is 15.2. The Kier molecular flexibility index (Phi) is 1.84. The number of hydrogen-bond donors (Lipinski definition) is 0. The van der Waals surface area contributed by atoms with E-state index < -0.39 is 0 Å². The van der Waals surface area contributed by atoms with Crippen LogP contribution in [-0.4, -0.2) is 24.0 Å². The second kappa shape index (κ2) is 2.74. The van der Waals surface area contributed by atoms with E-state index in [1.807, 2.05) is 0 Å². The summed E-state index contributed by atoms with van der Waals surface area (Å²) in [5, 5.41) is 0. The molecule has 0 bridgehead atoms. The zero-order chi connectivity index (χ0) is 8.72. The van der Waals surface area contributed by atoms with Crippen LogP contribution in [-0.2, 0) is 0 Å². The summed E-state index contributed by atoms with van der Waals surface area (Å²) in [7, 11) is 0. The minimum absolute atomic E-state index is 0.691. The molecule has 0 fully saturated rings. The van der Waals surface area contributed by atoms with Gasteiger partial charge in [-0.05, 0) is 30.9 Å². The van der Waals surface area contributed by atoms with Crippen molar-refractivity contribution in [3.8, 4) is 0 Å². The van der Waals surface area contributed by atoms with Crippen LogP contribution in [0.25, 0.3) is 0 Å². The highest BCUT2D eigenvalue weighted by Gasteiger charge is 2.27. The van der Waals surface area contributed by atoms with Crippen LogP contribution in [0.2, 0.25) is 0 Å². The van der Waals surface area contributed by atoms with Gasteiger partial charge in [-0.15, -0.1) is 0 Å². The predicted molar refractivity (Wildman–Crippen MR) is 52.0 cm³/mol. The molecule has 2 rings (SSSR count). The van der Waals surface area contributed by atoms with Gasteiger partial charge in [0.25, 0.3) is 0 Å². The average molecular weight is 163 g/mol. The highest BCUT2D eigenvalue weighted by Crippen LogP contribution is 2.31. The van der Waals surface area contributed by atoms with Gasteiger partial charge in [-0.1, -0.05) is 19.1 Å². The van der Waals surface area contributed by atoms with Crippen LogP contribution in [0.3, 0.4) is 0 Å². The Bertz CT molecular complexity index is 248. The van der Waals surface area contributed by atoms with Crippen LogP contribution in [0.5, 0.6) is 0 Å². The van der Waals surface area contributed by atoms with E-state index >= 15 is 0 Å². The van der Waals surface area contributed by atoms with Crippen LogP contribution in [0.1, 0.15) is 20.8 Å². The average Bonchev–Trinajstić information content (AvgIpc) is 2.53. The molecule has 0 aromatic carbocycles. The van der Waals surface area contributed by atoms with Crippen molar-refractivity contribution in [3.63, 3.8) is 0 Å². The van der Waals surface area contributed by atoms with E-state index in [2.05, 4.69) is 37.8 Å². The molecule has 1 nitrogen and oxygen atoms in total. The van der Waals surface area contributed by atoms with Crippen molar-refractivity contribution in [1.29, 1.82) is 0 Å². The molecule has 1 atom stereocenters. The van der Waals surface area contributed by atoms with Crippen molar-refractivity contribution >= 4 is 0 Å². The SMILES string of the molecule is CC1C=CC2=C1CN(C(C)C)C2. The molecule has 12 heavy (non-hydrogen) atoms. The molecule has 1 heteroatoms. The van der Waals surface area contributed by atoms with Crippen LogP contribution in [0.4, 0.5) is 0 Å². The smallest absolute Gasteiger partial charge is 0.0240 e. The lowest BCUT2D eigenvalue weighted by atomic mass is 10.1. The number of nitrogens with zero attached hydrogens (tertiary/aromatic N) is 1. The molecule has 1 unspecified atom stereocenters. The van der Waals surface area contributed by atoms with Crippen molar-refractivity contribution in [1.82, 2.24) is 4.90 Å². The summed E-state index contributed by atoms with van der Waals surface area (Å²) in [6.07, 6.45) is 4.63. The third-order valence-corrected chi connectivity index (χ3v) is 3.03. The summed E-state index contributed by atoms with van der Waals surface area (Å²) in [4.78, 5) is 2.53. The lowest BCUT2D eigenvalue weighted by Crippen LogP contribution is -2.29. The van der Waals surface area contributed by atoms with Crippen LogP contribution in [0, 0.1) is 5.92 Å². The maximum atomic E-state index is 2.53. The van der Waals surface area contributed by atoms with E-state index in [-0.39, 0.29) is 0 Å². The minimum atomic E-state index is 0.691. The van der Waals surface area contributed by atoms with Gasteiger partial charge in [0.2, 0.25) is 0 Å². The molecule has 1 heterocycles. The fraction of sp³-hybridized carbons (Fsp3) is 0.636. The molecular weight excluding hydrogens is 146 g/mol. The molecule has 0 spiro atoms. The maximum Gasteiger partial charge on any atom is 0.0240 e. The molecule has 0 N–H and O–H groups in total. The minimum Gasteiger partial charge on any atom is -0.293 e. The third-order valence-electron chi connectivity index (χ3n) is 3.03. The first kappa shape index (κ1) is 8.06. The summed E-state index contributed by atoms with van der Waals surface area (Å²) in [5.41, 5.74) is 3.24. The summed E-state index contributed by atoms with van der Waals surface area (Å²) >= 11 is 0. The fourth-order valence-corrected chi connectivity index (χ4v) is 2.03. The molecule has 0 saturated heterocycles. The Morgan fingerprint density at radius 3 is 2.75 bits per heavy atom. The largest absolute Gasteiger partial charge is 0.293 e. The summed E-state index contributed by atoms with van der Waals surface area (Å²) < 4.78 is 0. The monoisotopic (exact) mass is 163 g/mol. The molecule has 0 aromatic rings. The van der Waals surface area contributed by atoms with E-state index in [0.717, 1.165) is 0 Å². The fourth-order valence-electron chi connectivity index (χ4n) is 2.03. The molecular formula is C11H17N. The van der Waals surface area contributed by atoms with Gasteiger partial charge in [0.1, 0.15) is 0 Å². The molecule has 2 aliphatic rings. The van der Waals surface area contributed by atoms with E-state index in [0.29, 0.717) is 12.0 Å². The topological polar surface area (TPSA) is 3.24 Å². The summed E-state index contributed by atoms with van der Waals surface area (Å²) in [6.45, 7) is 9.21. The maximum absolute atomic E-state index is 2.53. The van der Waals surface area contributed by atoms with Crippen molar-refractivity contribution in [2.24, 2.45) is 5.92 Å². The van der Waals surface area contributed by atoms with Gasteiger partial charge in [0, 0.05) is 19.1 Å². The molecule has 1 aliphatic carbocycles. The van der Waals surface area contributed by atoms with Gasteiger partial charge in [0.15, 0.2) is 0 Å². The number of rotatable bonds is 1. The van der Waals surface area contributed by atoms with E-state index in [1.54, 1.807) is 11.1 Å². The van der Waals surface area contributed by atoms with Gasteiger partial charge < -0.3 is 0 Å². The quantitative estimate of drug-likeness (QED) is 0.573. The first-order valence-electron chi connectivity index (χ1n) is 4.82. The van der Waals surface area contributed by atoms with Crippen LogP contribution in [0.15, 0.2) is 23.3 Å². The molecule has 0 saturated carbocycles. The Labute approximate surface area is 74.8 Å². The van der Waals surface area contributed by atoms with Crippen molar-refractivity contribution < 1.29 is 0 Å². The molecule has 1 aliphatic heterocycles. The van der Waals surface area contributed by atoms with Gasteiger partial charge in [0.05, 0.1) is 0 Å². The van der Waals surface area contributed by atoms with Crippen LogP contribution < -0.4 is 0 Å². The van der Waals surface area contributed by atoms with E-state index in [1.165, 1.54) is 13.1 Å². The first-order chi connectivity index (χ1) is 5.68. The Hall–Kier alpha value is -0.560. The van der Waals surface area contributed by atoms with Crippen molar-refractivity contribution in [3.05, 3.63) is 23.3 Å².